The van der Waals surface area contributed by atoms with Crippen molar-refractivity contribution in [3.8, 4) is 0 Å². The van der Waals surface area contributed by atoms with Crippen molar-refractivity contribution in [2.24, 2.45) is 5.92 Å². The van der Waals surface area contributed by atoms with Crippen LogP contribution in [0.4, 0.5) is 0 Å². The summed E-state index contributed by atoms with van der Waals surface area (Å²) >= 11 is 0. The number of hydrogen-bond acceptors (Lipinski definition) is 2. The molecule has 1 radical (unpaired) electrons. The highest BCUT2D eigenvalue weighted by Gasteiger charge is 2.52. The molecule has 15 heavy (non-hydrogen) atoms. The number of hydrogen-bond donors (Lipinski definition) is 1. The monoisotopic (exact) mass is 214 g/mol. The molecule has 2 unspecified atom stereocenters. The fraction of sp³-hybridized carbons (Fsp3) is 1.00. The van der Waals surface area contributed by atoms with Crippen molar-refractivity contribution in [2.45, 2.75) is 71.1 Å². The summed E-state index contributed by atoms with van der Waals surface area (Å²) in [5.41, 5.74) is -0.834. The van der Waals surface area contributed by atoms with Gasteiger partial charge in [0.05, 0.1) is 11.6 Å². The van der Waals surface area contributed by atoms with Gasteiger partial charge in [0, 0.05) is 11.5 Å². The van der Waals surface area contributed by atoms with Crippen molar-refractivity contribution < 1.29 is 10.3 Å². The van der Waals surface area contributed by atoms with Gasteiger partial charge in [0.25, 0.3) is 0 Å². The van der Waals surface area contributed by atoms with E-state index in [1.165, 1.54) is 5.06 Å². The molecule has 2 atom stereocenters. The Morgan fingerprint density at radius 1 is 1.33 bits per heavy atom. The molecular formula is C12H24NO2. The van der Waals surface area contributed by atoms with Gasteiger partial charge in [-0.15, -0.1) is 10.3 Å². The summed E-state index contributed by atoms with van der Waals surface area (Å²) in [5, 5.41) is 23.7. The molecule has 0 saturated carbocycles. The summed E-state index contributed by atoms with van der Waals surface area (Å²) in [5.74, 6) is 0.0289. The van der Waals surface area contributed by atoms with Crippen molar-refractivity contribution >= 4 is 0 Å². The summed E-state index contributed by atoms with van der Waals surface area (Å²) < 4.78 is 0. The van der Waals surface area contributed by atoms with Crippen LogP contribution in [0.15, 0.2) is 0 Å². The van der Waals surface area contributed by atoms with Crippen LogP contribution in [0.25, 0.3) is 0 Å². The lowest BCUT2D eigenvalue weighted by Crippen LogP contribution is -2.65. The summed E-state index contributed by atoms with van der Waals surface area (Å²) in [6.45, 7) is 9.91. The fourth-order valence-corrected chi connectivity index (χ4v) is 2.74. The van der Waals surface area contributed by atoms with E-state index in [4.69, 9.17) is 0 Å². The highest BCUT2D eigenvalue weighted by molar-refractivity contribution is 5.02. The minimum absolute atomic E-state index is 0.0289. The third kappa shape index (κ3) is 1.81. The normalized spacial score (nSPS) is 35.4. The maximum absolute atomic E-state index is 12.4. The van der Waals surface area contributed by atoms with Gasteiger partial charge in [-0.1, -0.05) is 20.8 Å². The van der Waals surface area contributed by atoms with E-state index in [-0.39, 0.29) is 17.6 Å². The topological polar surface area (TPSA) is 43.4 Å². The average molecular weight is 214 g/mol. The number of nitrogens with zero attached hydrogens (tertiary/aromatic N) is 1. The van der Waals surface area contributed by atoms with E-state index in [1.807, 2.05) is 34.6 Å². The van der Waals surface area contributed by atoms with E-state index in [9.17, 15) is 10.3 Å². The van der Waals surface area contributed by atoms with Crippen LogP contribution >= 0.6 is 0 Å². The molecule has 3 nitrogen and oxygen atoms in total. The van der Waals surface area contributed by atoms with E-state index in [2.05, 4.69) is 0 Å². The van der Waals surface area contributed by atoms with Crippen LogP contribution in [0.3, 0.4) is 0 Å². The Hall–Kier alpha value is -0.120. The summed E-state index contributed by atoms with van der Waals surface area (Å²) in [6, 6.07) is 0. The smallest absolute Gasteiger partial charge is 0.0602 e. The SMILES string of the molecule is CCC1(CC)CC(O)C(C)C(C)(C)N1[O]. The van der Waals surface area contributed by atoms with Crippen molar-refractivity contribution in [1.29, 1.82) is 0 Å². The largest absolute Gasteiger partial charge is 0.393 e. The second-order valence-corrected chi connectivity index (χ2v) is 5.44. The van der Waals surface area contributed by atoms with Crippen molar-refractivity contribution in [3.05, 3.63) is 0 Å². The molecular weight excluding hydrogens is 190 g/mol. The van der Waals surface area contributed by atoms with E-state index in [0.717, 1.165) is 12.8 Å². The highest BCUT2D eigenvalue weighted by atomic mass is 16.5. The molecule has 0 amide bonds. The van der Waals surface area contributed by atoms with Gasteiger partial charge in [-0.3, -0.25) is 0 Å². The average Bonchev–Trinajstić information content (AvgIpc) is 2.22. The van der Waals surface area contributed by atoms with Crippen LogP contribution in [0, 0.1) is 5.92 Å². The van der Waals surface area contributed by atoms with Crippen LogP contribution in [0.2, 0.25) is 0 Å². The number of aliphatic hydroxyl groups is 1. The van der Waals surface area contributed by atoms with E-state index >= 15 is 0 Å². The van der Waals surface area contributed by atoms with E-state index in [1.54, 1.807) is 0 Å². The first-order valence-corrected chi connectivity index (χ1v) is 5.97. The van der Waals surface area contributed by atoms with Crippen molar-refractivity contribution in [1.82, 2.24) is 5.06 Å². The number of rotatable bonds is 2. The summed E-state index contributed by atoms with van der Waals surface area (Å²) in [6.07, 6.45) is 1.86. The lowest BCUT2D eigenvalue weighted by molar-refractivity contribution is -0.323. The quantitative estimate of drug-likeness (QED) is 0.767. The fourth-order valence-electron chi connectivity index (χ4n) is 2.74. The lowest BCUT2D eigenvalue weighted by Gasteiger charge is -2.54. The van der Waals surface area contributed by atoms with Crippen LogP contribution in [0.5, 0.6) is 0 Å². The molecule has 1 N–H and O–H groups in total. The van der Waals surface area contributed by atoms with Gasteiger partial charge >= 0.3 is 0 Å². The molecule has 0 aromatic heterocycles. The highest BCUT2D eigenvalue weighted by Crippen LogP contribution is 2.44. The molecule has 0 aromatic rings. The molecule has 0 aromatic carbocycles. The molecule has 89 valence electrons. The third-order valence-corrected chi connectivity index (χ3v) is 4.55. The molecule has 1 aliphatic heterocycles. The number of aliphatic hydroxyl groups excluding tert-OH is 1. The van der Waals surface area contributed by atoms with Crippen LogP contribution in [-0.2, 0) is 5.21 Å². The lowest BCUT2D eigenvalue weighted by atomic mass is 9.70. The molecule has 1 heterocycles. The predicted molar refractivity (Wildman–Crippen MR) is 59.7 cm³/mol. The number of hydroxylamine groups is 2. The minimum atomic E-state index is -0.469. The molecule has 1 fully saturated rings. The third-order valence-electron chi connectivity index (χ3n) is 4.55. The van der Waals surface area contributed by atoms with E-state index in [0.29, 0.717) is 6.42 Å². The molecule has 0 aliphatic carbocycles. The Morgan fingerprint density at radius 3 is 2.20 bits per heavy atom. The zero-order valence-electron chi connectivity index (χ0n) is 10.6. The molecule has 0 spiro atoms. The van der Waals surface area contributed by atoms with Crippen molar-refractivity contribution in [2.75, 3.05) is 0 Å². The van der Waals surface area contributed by atoms with Crippen LogP contribution in [-0.4, -0.2) is 27.4 Å². The van der Waals surface area contributed by atoms with Gasteiger partial charge in [0.15, 0.2) is 0 Å². The second kappa shape index (κ2) is 4.04. The first-order valence-electron chi connectivity index (χ1n) is 5.97. The maximum Gasteiger partial charge on any atom is 0.0602 e. The van der Waals surface area contributed by atoms with Gasteiger partial charge in [0.2, 0.25) is 0 Å². The molecule has 1 saturated heterocycles. The second-order valence-electron chi connectivity index (χ2n) is 5.44. The van der Waals surface area contributed by atoms with Gasteiger partial charge in [-0.05, 0) is 33.1 Å². The molecule has 1 rings (SSSR count). The Balaban J connectivity index is 3.05. The Bertz CT molecular complexity index is 224. The molecule has 0 bridgehead atoms. The summed E-state index contributed by atoms with van der Waals surface area (Å²) in [4.78, 5) is 0. The van der Waals surface area contributed by atoms with E-state index < -0.39 is 5.54 Å². The standard InChI is InChI=1S/C12H24NO2/c1-6-12(7-2)8-10(14)9(3)11(4,5)13(12)15/h9-10,14H,6-8H2,1-5H3. The maximum atomic E-state index is 12.4. The first-order chi connectivity index (χ1) is 6.81. The van der Waals surface area contributed by atoms with Crippen LogP contribution < -0.4 is 0 Å². The van der Waals surface area contributed by atoms with Gasteiger partial charge in [0.1, 0.15) is 0 Å². The van der Waals surface area contributed by atoms with Gasteiger partial charge < -0.3 is 5.11 Å². The van der Waals surface area contributed by atoms with Crippen LogP contribution in [0.1, 0.15) is 53.9 Å². The Labute approximate surface area is 93.1 Å². The molecule has 3 heteroatoms. The number of piperidine rings is 1. The van der Waals surface area contributed by atoms with Crippen molar-refractivity contribution in [3.63, 3.8) is 0 Å². The minimum Gasteiger partial charge on any atom is -0.393 e. The van der Waals surface area contributed by atoms with Gasteiger partial charge in [-0.25, -0.2) is 0 Å². The van der Waals surface area contributed by atoms with Gasteiger partial charge in [-0.2, -0.15) is 0 Å². The Kier molecular flexibility index (Phi) is 3.49. The summed E-state index contributed by atoms with van der Waals surface area (Å²) in [7, 11) is 0. The zero-order valence-corrected chi connectivity index (χ0v) is 10.6. The first kappa shape index (κ1) is 12.9. The predicted octanol–water partition coefficient (Wildman–Crippen LogP) is 2.37. The molecule has 1 aliphatic rings. The zero-order chi connectivity index (χ0) is 11.9. The Morgan fingerprint density at radius 2 is 1.80 bits per heavy atom.